The van der Waals surface area contributed by atoms with Crippen molar-refractivity contribution in [2.75, 3.05) is 0 Å². The summed E-state index contributed by atoms with van der Waals surface area (Å²) in [4.78, 5) is 19.4. The summed E-state index contributed by atoms with van der Waals surface area (Å²) in [7, 11) is 0. The molecule has 76 valence electrons. The lowest BCUT2D eigenvalue weighted by atomic mass is 10.2. The topological polar surface area (TPSA) is 71.5 Å². The van der Waals surface area contributed by atoms with Crippen LogP contribution in [0, 0.1) is 0 Å². The third-order valence-corrected chi connectivity index (χ3v) is 2.28. The first kappa shape index (κ1) is 9.97. The molecule has 0 spiro atoms. The molecule has 0 fully saturated rings. The van der Waals surface area contributed by atoms with Gasteiger partial charge in [0.25, 0.3) is 0 Å². The molecule has 0 radical (unpaired) electrons. The molecule has 5 nitrogen and oxygen atoms in total. The van der Waals surface area contributed by atoms with Crippen molar-refractivity contribution in [3.05, 3.63) is 40.6 Å². The van der Waals surface area contributed by atoms with Gasteiger partial charge < -0.3 is 0 Å². The molecule has 2 rings (SSSR count). The highest BCUT2D eigenvalue weighted by Crippen LogP contribution is 2.08. The zero-order valence-electron chi connectivity index (χ0n) is 7.64. The maximum atomic E-state index is 11.6. The number of aromatic amines is 1. The highest BCUT2D eigenvalue weighted by Gasteiger charge is 2.10. The molecule has 0 aromatic carbocycles. The smallest absolute Gasteiger partial charge is 0.205 e. The summed E-state index contributed by atoms with van der Waals surface area (Å²) in [5.74, 6) is 0.141. The number of Topliss-reactive ketones (excluding diaryl/α,β-unsaturated/α-hetero) is 1. The second-order valence-electron chi connectivity index (χ2n) is 2.90. The van der Waals surface area contributed by atoms with Crippen LogP contribution in [-0.4, -0.2) is 25.9 Å². The van der Waals surface area contributed by atoms with E-state index < -0.39 is 0 Å². The Labute approximate surface area is 94.1 Å². The number of hydrogen-bond acceptors (Lipinski definition) is 4. The van der Waals surface area contributed by atoms with E-state index >= 15 is 0 Å². The van der Waals surface area contributed by atoms with Crippen molar-refractivity contribution in [3.8, 4) is 0 Å². The molecule has 0 atom stereocenters. The number of aromatic nitrogens is 4. The molecular weight excluding hydrogens is 260 g/mol. The Balaban J connectivity index is 2.09. The predicted octanol–water partition coefficient (Wildman–Crippen LogP) is 1.39. The van der Waals surface area contributed by atoms with E-state index in [2.05, 4.69) is 36.1 Å². The fraction of sp³-hybridized carbons (Fsp3) is 0.111. The van der Waals surface area contributed by atoms with Gasteiger partial charge in [0.2, 0.25) is 5.78 Å². The summed E-state index contributed by atoms with van der Waals surface area (Å²) >= 11 is 3.27. The molecule has 2 aromatic rings. The number of nitrogens with one attached hydrogen (secondary N) is 1. The lowest BCUT2D eigenvalue weighted by Crippen LogP contribution is -2.06. The highest BCUT2D eigenvalue weighted by molar-refractivity contribution is 9.10. The fourth-order valence-electron chi connectivity index (χ4n) is 1.10. The number of ketones is 1. The second-order valence-corrected chi connectivity index (χ2v) is 3.82. The zero-order valence-corrected chi connectivity index (χ0v) is 9.23. The molecule has 0 amide bonds. The largest absolute Gasteiger partial charge is 0.290 e. The molecular formula is C9H7BrN4O. The zero-order chi connectivity index (χ0) is 10.7. The van der Waals surface area contributed by atoms with Gasteiger partial charge in [0.15, 0.2) is 5.82 Å². The standard InChI is InChI=1S/C9H7BrN4O/c10-6-1-2-7(11-4-6)3-8(15)9-12-5-13-14-9/h1-2,4-5H,3H2,(H,12,13,14). The predicted molar refractivity (Wildman–Crippen MR) is 56.4 cm³/mol. The summed E-state index contributed by atoms with van der Waals surface area (Å²) in [5, 5.41) is 6.13. The molecule has 6 heteroatoms. The Morgan fingerprint density at radius 1 is 1.40 bits per heavy atom. The Morgan fingerprint density at radius 3 is 2.87 bits per heavy atom. The average molecular weight is 267 g/mol. The number of carbonyl (C=O) groups is 1. The van der Waals surface area contributed by atoms with Crippen LogP contribution in [0.15, 0.2) is 29.1 Å². The molecule has 1 N–H and O–H groups in total. The number of hydrogen-bond donors (Lipinski definition) is 1. The Morgan fingerprint density at radius 2 is 2.27 bits per heavy atom. The quantitative estimate of drug-likeness (QED) is 0.853. The number of rotatable bonds is 3. The van der Waals surface area contributed by atoms with Gasteiger partial charge in [0.1, 0.15) is 6.33 Å². The number of nitrogens with zero attached hydrogens (tertiary/aromatic N) is 3. The van der Waals surface area contributed by atoms with Crippen LogP contribution < -0.4 is 0 Å². The van der Waals surface area contributed by atoms with Gasteiger partial charge in [-0.1, -0.05) is 0 Å². The average Bonchev–Trinajstić information content (AvgIpc) is 2.74. The van der Waals surface area contributed by atoms with Gasteiger partial charge in [-0.25, -0.2) is 4.98 Å². The van der Waals surface area contributed by atoms with Gasteiger partial charge in [-0.2, -0.15) is 5.10 Å². The van der Waals surface area contributed by atoms with Crippen molar-refractivity contribution >= 4 is 21.7 Å². The lowest BCUT2D eigenvalue weighted by Gasteiger charge is -1.97. The highest BCUT2D eigenvalue weighted by atomic mass is 79.9. The van der Waals surface area contributed by atoms with Crippen LogP contribution in [-0.2, 0) is 6.42 Å². The van der Waals surface area contributed by atoms with Crippen molar-refractivity contribution in [1.29, 1.82) is 0 Å². The third kappa shape index (κ3) is 2.47. The van der Waals surface area contributed by atoms with Crippen LogP contribution in [0.1, 0.15) is 16.3 Å². The van der Waals surface area contributed by atoms with E-state index in [1.165, 1.54) is 6.33 Å². The summed E-state index contributed by atoms with van der Waals surface area (Å²) in [5.41, 5.74) is 0.708. The molecule has 0 bridgehead atoms. The first-order valence-corrected chi connectivity index (χ1v) is 5.04. The van der Waals surface area contributed by atoms with E-state index in [4.69, 9.17) is 0 Å². The van der Waals surface area contributed by atoms with Crippen LogP contribution in [0.3, 0.4) is 0 Å². The lowest BCUT2D eigenvalue weighted by molar-refractivity contribution is 0.0982. The van der Waals surface area contributed by atoms with E-state index in [9.17, 15) is 4.79 Å². The van der Waals surface area contributed by atoms with Gasteiger partial charge in [-0.3, -0.25) is 14.9 Å². The molecule has 0 aliphatic rings. The van der Waals surface area contributed by atoms with E-state index in [1.54, 1.807) is 12.3 Å². The second kappa shape index (κ2) is 4.31. The minimum atomic E-state index is -0.123. The van der Waals surface area contributed by atoms with Crippen molar-refractivity contribution in [2.45, 2.75) is 6.42 Å². The SMILES string of the molecule is O=C(Cc1ccc(Br)cn1)c1ncn[nH]1. The van der Waals surface area contributed by atoms with Crippen LogP contribution in [0.25, 0.3) is 0 Å². The van der Waals surface area contributed by atoms with Gasteiger partial charge in [-0.15, -0.1) is 0 Å². The summed E-state index contributed by atoms with van der Waals surface area (Å²) in [6.07, 6.45) is 3.19. The number of halogens is 1. The third-order valence-electron chi connectivity index (χ3n) is 1.81. The molecule has 2 heterocycles. The fourth-order valence-corrected chi connectivity index (χ4v) is 1.33. The molecule has 0 aliphatic carbocycles. The summed E-state index contributed by atoms with van der Waals surface area (Å²) in [6, 6.07) is 3.63. The molecule has 0 unspecified atom stereocenters. The minimum absolute atomic E-state index is 0.123. The van der Waals surface area contributed by atoms with Crippen LogP contribution in [0.5, 0.6) is 0 Å². The Bertz CT molecular complexity index is 451. The Hall–Kier alpha value is -1.56. The van der Waals surface area contributed by atoms with Crippen molar-refractivity contribution in [3.63, 3.8) is 0 Å². The van der Waals surface area contributed by atoms with Crippen LogP contribution in [0.4, 0.5) is 0 Å². The van der Waals surface area contributed by atoms with Gasteiger partial charge in [-0.05, 0) is 28.1 Å². The van der Waals surface area contributed by atoms with Gasteiger partial charge in [0.05, 0.1) is 6.42 Å². The Kier molecular flexibility index (Phi) is 2.86. The van der Waals surface area contributed by atoms with Crippen molar-refractivity contribution in [2.24, 2.45) is 0 Å². The number of pyridine rings is 1. The van der Waals surface area contributed by atoms with E-state index in [1.807, 2.05) is 6.07 Å². The van der Waals surface area contributed by atoms with E-state index in [-0.39, 0.29) is 18.0 Å². The van der Waals surface area contributed by atoms with Crippen LogP contribution in [0.2, 0.25) is 0 Å². The van der Waals surface area contributed by atoms with E-state index in [0.717, 1.165) is 4.47 Å². The van der Waals surface area contributed by atoms with E-state index in [0.29, 0.717) is 5.69 Å². The number of carbonyl (C=O) groups excluding carboxylic acids is 1. The molecule has 0 aliphatic heterocycles. The summed E-state index contributed by atoms with van der Waals surface area (Å²) in [6.45, 7) is 0. The summed E-state index contributed by atoms with van der Waals surface area (Å²) < 4.78 is 0.887. The first-order valence-electron chi connectivity index (χ1n) is 4.24. The molecule has 0 saturated carbocycles. The van der Waals surface area contributed by atoms with Gasteiger partial charge >= 0.3 is 0 Å². The van der Waals surface area contributed by atoms with Gasteiger partial charge in [0, 0.05) is 16.4 Å². The normalized spacial score (nSPS) is 10.2. The molecule has 15 heavy (non-hydrogen) atoms. The molecule has 2 aromatic heterocycles. The minimum Gasteiger partial charge on any atom is -0.290 e. The first-order chi connectivity index (χ1) is 7.25. The van der Waals surface area contributed by atoms with Crippen LogP contribution >= 0.6 is 15.9 Å². The molecule has 0 saturated heterocycles. The number of H-pyrrole nitrogens is 1. The van der Waals surface area contributed by atoms with Crippen molar-refractivity contribution < 1.29 is 4.79 Å². The monoisotopic (exact) mass is 266 g/mol. The van der Waals surface area contributed by atoms with Crippen molar-refractivity contribution in [1.82, 2.24) is 20.2 Å². The maximum Gasteiger partial charge on any atom is 0.205 e. The maximum absolute atomic E-state index is 11.6.